The number of rotatable bonds is 7. The number of aromatic nitrogens is 3. The van der Waals surface area contributed by atoms with E-state index in [1.54, 1.807) is 31.2 Å². The zero-order chi connectivity index (χ0) is 24.2. The topological polar surface area (TPSA) is 81.3 Å². The average Bonchev–Trinajstić information content (AvgIpc) is 3.53. The number of nitrogens with zero attached hydrogens (tertiary/aromatic N) is 4. The lowest BCUT2D eigenvalue weighted by Gasteiger charge is -2.25. The van der Waals surface area contributed by atoms with Crippen LogP contribution in [0.4, 0.5) is 4.39 Å². The van der Waals surface area contributed by atoms with E-state index in [4.69, 9.17) is 14.3 Å². The summed E-state index contributed by atoms with van der Waals surface area (Å²) in [6, 6.07) is 19.5. The van der Waals surface area contributed by atoms with Gasteiger partial charge >= 0.3 is 0 Å². The van der Waals surface area contributed by atoms with Gasteiger partial charge in [0.1, 0.15) is 29.6 Å². The number of carbonyl (C=O) groups is 1. The predicted octanol–water partition coefficient (Wildman–Crippen LogP) is 5.06. The molecule has 1 amide bonds. The van der Waals surface area contributed by atoms with Gasteiger partial charge in [0.25, 0.3) is 5.91 Å². The van der Waals surface area contributed by atoms with Gasteiger partial charge in [-0.05, 0) is 55.7 Å². The number of likely N-dealkylation sites (tertiary alicyclic amines) is 1. The molecule has 7 nitrogen and oxygen atoms in total. The van der Waals surface area contributed by atoms with Gasteiger partial charge in [0, 0.05) is 18.7 Å². The minimum atomic E-state index is -0.245. The molecule has 0 N–H and O–H groups in total. The summed E-state index contributed by atoms with van der Waals surface area (Å²) in [7, 11) is 0. The lowest BCUT2D eigenvalue weighted by molar-refractivity contribution is 0.0727. The first kappa shape index (κ1) is 22.7. The number of ether oxygens (including phenoxy) is 1. The minimum absolute atomic E-state index is 0.112. The molecular formula is C27H25FN4O3. The molecular weight excluding hydrogens is 447 g/mol. The van der Waals surface area contributed by atoms with E-state index in [0.29, 0.717) is 41.2 Å². The second-order valence-corrected chi connectivity index (χ2v) is 8.56. The Morgan fingerprint density at radius 3 is 2.74 bits per heavy atom. The lowest BCUT2D eigenvalue weighted by atomic mass is 10.1. The molecule has 0 spiro atoms. The summed E-state index contributed by atoms with van der Waals surface area (Å²) in [4.78, 5) is 20.3. The highest BCUT2D eigenvalue weighted by atomic mass is 19.1. The summed E-state index contributed by atoms with van der Waals surface area (Å²) < 4.78 is 24.8. The van der Waals surface area contributed by atoms with Gasteiger partial charge in [-0.2, -0.15) is 0 Å². The van der Waals surface area contributed by atoms with Gasteiger partial charge in [-0.15, -0.1) is 0 Å². The van der Waals surface area contributed by atoms with E-state index < -0.39 is 0 Å². The second kappa shape index (κ2) is 10.0. The van der Waals surface area contributed by atoms with Crippen molar-refractivity contribution in [3.63, 3.8) is 0 Å². The SMILES string of the molecule is Cc1nonc1COc1ccccc1C(=O)N1CCCC1c1cccc(Cc2ccccc2F)n1. The fourth-order valence-electron chi connectivity index (χ4n) is 4.39. The van der Waals surface area contributed by atoms with Crippen molar-refractivity contribution in [2.24, 2.45) is 0 Å². The minimum Gasteiger partial charge on any atom is -0.486 e. The maximum atomic E-state index is 14.1. The van der Waals surface area contributed by atoms with Gasteiger partial charge in [-0.3, -0.25) is 9.78 Å². The van der Waals surface area contributed by atoms with Crippen LogP contribution in [-0.2, 0) is 13.0 Å². The maximum absolute atomic E-state index is 14.1. The second-order valence-electron chi connectivity index (χ2n) is 8.56. The van der Waals surface area contributed by atoms with Crippen molar-refractivity contribution in [3.05, 3.63) is 106 Å². The Bertz CT molecular complexity index is 1340. The van der Waals surface area contributed by atoms with E-state index >= 15 is 0 Å². The summed E-state index contributed by atoms with van der Waals surface area (Å²) in [5, 5.41) is 7.60. The number of aryl methyl sites for hydroxylation is 1. The first-order valence-corrected chi connectivity index (χ1v) is 11.6. The average molecular weight is 473 g/mol. The van der Waals surface area contributed by atoms with Gasteiger partial charge in [0.15, 0.2) is 0 Å². The lowest BCUT2D eigenvalue weighted by Crippen LogP contribution is -2.31. The highest BCUT2D eigenvalue weighted by Gasteiger charge is 2.33. The van der Waals surface area contributed by atoms with Crippen molar-refractivity contribution < 1.29 is 18.6 Å². The molecule has 4 aromatic rings. The number of benzene rings is 2. The number of para-hydroxylation sites is 1. The Balaban J connectivity index is 1.35. The molecule has 0 aliphatic carbocycles. The van der Waals surface area contributed by atoms with Crippen molar-refractivity contribution in [1.29, 1.82) is 0 Å². The molecule has 1 fully saturated rings. The molecule has 0 radical (unpaired) electrons. The van der Waals surface area contributed by atoms with Crippen LogP contribution < -0.4 is 4.74 Å². The van der Waals surface area contributed by atoms with E-state index in [9.17, 15) is 9.18 Å². The smallest absolute Gasteiger partial charge is 0.258 e. The first-order chi connectivity index (χ1) is 17.1. The number of amides is 1. The fourth-order valence-corrected chi connectivity index (χ4v) is 4.39. The summed E-state index contributed by atoms with van der Waals surface area (Å²) in [5.74, 6) is 0.122. The molecule has 1 aliphatic heterocycles. The van der Waals surface area contributed by atoms with E-state index in [2.05, 4.69) is 10.3 Å². The van der Waals surface area contributed by atoms with Gasteiger partial charge in [-0.1, -0.05) is 46.7 Å². The third-order valence-electron chi connectivity index (χ3n) is 6.24. The van der Waals surface area contributed by atoms with Crippen LogP contribution >= 0.6 is 0 Å². The Morgan fingerprint density at radius 2 is 1.91 bits per heavy atom. The highest BCUT2D eigenvalue weighted by molar-refractivity contribution is 5.97. The Labute approximate surface area is 202 Å². The van der Waals surface area contributed by atoms with E-state index in [1.165, 1.54) is 6.07 Å². The molecule has 2 aromatic carbocycles. The molecule has 1 saturated heterocycles. The van der Waals surface area contributed by atoms with E-state index in [0.717, 1.165) is 24.2 Å². The molecule has 1 aliphatic rings. The first-order valence-electron chi connectivity index (χ1n) is 11.6. The van der Waals surface area contributed by atoms with Gasteiger partial charge < -0.3 is 9.64 Å². The van der Waals surface area contributed by atoms with Crippen LogP contribution in [0.25, 0.3) is 0 Å². The standard InChI is InChI=1S/C27H25FN4O3/c1-18-24(31-35-30-18)17-34-26-14-5-3-10-21(26)27(33)32-15-7-13-25(32)23-12-6-9-20(29-23)16-19-8-2-4-11-22(19)28/h2-6,8-12,14,25H,7,13,15-17H2,1H3. The summed E-state index contributed by atoms with van der Waals surface area (Å²) >= 11 is 0. The fraction of sp³-hybridized carbons (Fsp3) is 0.259. The molecule has 5 rings (SSSR count). The monoisotopic (exact) mass is 472 g/mol. The number of hydrogen-bond acceptors (Lipinski definition) is 6. The maximum Gasteiger partial charge on any atom is 0.258 e. The normalized spacial score (nSPS) is 15.4. The third-order valence-corrected chi connectivity index (χ3v) is 6.24. The van der Waals surface area contributed by atoms with Gasteiger partial charge in [-0.25, -0.2) is 9.02 Å². The summed E-state index contributed by atoms with van der Waals surface area (Å²) in [6.07, 6.45) is 2.09. The third kappa shape index (κ3) is 4.91. The molecule has 1 atom stereocenters. The van der Waals surface area contributed by atoms with Crippen molar-refractivity contribution in [1.82, 2.24) is 20.2 Å². The number of pyridine rings is 1. The molecule has 1 unspecified atom stereocenters. The van der Waals surface area contributed by atoms with Crippen LogP contribution in [0.5, 0.6) is 5.75 Å². The quantitative estimate of drug-likeness (QED) is 0.374. The van der Waals surface area contributed by atoms with Crippen LogP contribution in [0, 0.1) is 12.7 Å². The van der Waals surface area contributed by atoms with Gasteiger partial charge in [0.05, 0.1) is 17.3 Å². The molecule has 35 heavy (non-hydrogen) atoms. The van der Waals surface area contributed by atoms with Crippen molar-refractivity contribution in [2.45, 2.75) is 38.8 Å². The zero-order valence-electron chi connectivity index (χ0n) is 19.4. The predicted molar refractivity (Wildman–Crippen MR) is 126 cm³/mol. The zero-order valence-corrected chi connectivity index (χ0v) is 19.4. The molecule has 3 heterocycles. The molecule has 0 saturated carbocycles. The summed E-state index contributed by atoms with van der Waals surface area (Å²) in [6.45, 7) is 2.57. The Morgan fingerprint density at radius 1 is 1.09 bits per heavy atom. The van der Waals surface area contributed by atoms with Crippen molar-refractivity contribution >= 4 is 5.91 Å². The van der Waals surface area contributed by atoms with E-state index in [1.807, 2.05) is 41.3 Å². The molecule has 2 aromatic heterocycles. The van der Waals surface area contributed by atoms with Crippen molar-refractivity contribution in [3.8, 4) is 5.75 Å². The van der Waals surface area contributed by atoms with Crippen LogP contribution in [0.1, 0.15) is 57.6 Å². The molecule has 8 heteroatoms. The number of hydrogen-bond donors (Lipinski definition) is 0. The highest BCUT2D eigenvalue weighted by Crippen LogP contribution is 2.34. The summed E-state index contributed by atoms with van der Waals surface area (Å²) in [5.41, 5.74) is 3.90. The molecule has 0 bridgehead atoms. The Kier molecular flexibility index (Phi) is 6.52. The number of halogens is 1. The van der Waals surface area contributed by atoms with Crippen LogP contribution in [0.2, 0.25) is 0 Å². The Hall–Kier alpha value is -4.07. The van der Waals surface area contributed by atoms with Crippen LogP contribution in [-0.4, -0.2) is 32.6 Å². The van der Waals surface area contributed by atoms with Gasteiger partial charge in [0.2, 0.25) is 0 Å². The van der Waals surface area contributed by atoms with E-state index in [-0.39, 0.29) is 24.4 Å². The molecule has 178 valence electrons. The largest absolute Gasteiger partial charge is 0.486 e. The van der Waals surface area contributed by atoms with Crippen molar-refractivity contribution in [2.75, 3.05) is 6.54 Å². The number of carbonyl (C=O) groups excluding carboxylic acids is 1. The van der Waals surface area contributed by atoms with Crippen LogP contribution in [0.3, 0.4) is 0 Å². The van der Waals surface area contributed by atoms with Crippen LogP contribution in [0.15, 0.2) is 71.4 Å².